The second kappa shape index (κ2) is 5.17. The molecule has 0 atom stereocenters. The van der Waals surface area contributed by atoms with Crippen LogP contribution in [0, 0.1) is 13.8 Å². The molecule has 0 unspecified atom stereocenters. The minimum atomic E-state index is 1.06. The molecule has 0 aliphatic heterocycles. The van der Waals surface area contributed by atoms with E-state index in [1.165, 1.54) is 38.5 Å². The van der Waals surface area contributed by atoms with E-state index in [-0.39, 0.29) is 0 Å². The van der Waals surface area contributed by atoms with E-state index in [4.69, 9.17) is 0 Å². The molecular weight excluding hydrogens is 280 g/mol. The van der Waals surface area contributed by atoms with Gasteiger partial charge in [0.05, 0.1) is 5.52 Å². The molecule has 2 heteroatoms. The molecule has 0 saturated carbocycles. The lowest BCUT2D eigenvalue weighted by Gasteiger charge is -2.09. The van der Waals surface area contributed by atoms with Gasteiger partial charge in [-0.2, -0.15) is 0 Å². The normalized spacial score (nSPS) is 11.3. The number of nitrogens with zero attached hydrogens (tertiary/aromatic N) is 2. The summed E-state index contributed by atoms with van der Waals surface area (Å²) in [5, 5.41) is 3.65. The molecule has 23 heavy (non-hydrogen) atoms. The van der Waals surface area contributed by atoms with Crippen molar-refractivity contribution in [2.24, 2.45) is 7.05 Å². The predicted molar refractivity (Wildman–Crippen MR) is 95.3 cm³/mol. The second-order valence-corrected chi connectivity index (χ2v) is 6.23. The van der Waals surface area contributed by atoms with E-state index in [1.54, 1.807) is 0 Å². The molecular formula is C21H19N2+. The van der Waals surface area contributed by atoms with E-state index in [1.807, 2.05) is 6.20 Å². The maximum Gasteiger partial charge on any atom is 0.212 e. The molecule has 2 heterocycles. The van der Waals surface area contributed by atoms with E-state index < -0.39 is 0 Å². The summed E-state index contributed by atoms with van der Waals surface area (Å²) >= 11 is 0. The average molecular weight is 299 g/mol. The molecule has 0 bridgehead atoms. The topological polar surface area (TPSA) is 16.8 Å². The van der Waals surface area contributed by atoms with Gasteiger partial charge in [0.25, 0.3) is 0 Å². The van der Waals surface area contributed by atoms with Crippen molar-refractivity contribution in [1.29, 1.82) is 0 Å². The van der Waals surface area contributed by atoms with Crippen LogP contribution >= 0.6 is 0 Å². The van der Waals surface area contributed by atoms with Crippen molar-refractivity contribution in [2.75, 3.05) is 0 Å². The third kappa shape index (κ3) is 2.27. The molecule has 0 amide bonds. The van der Waals surface area contributed by atoms with E-state index in [0.29, 0.717) is 0 Å². The molecule has 0 fully saturated rings. The van der Waals surface area contributed by atoms with Crippen molar-refractivity contribution in [3.8, 4) is 11.3 Å². The summed E-state index contributed by atoms with van der Waals surface area (Å²) in [6.07, 6.45) is 4.13. The summed E-state index contributed by atoms with van der Waals surface area (Å²) in [5.41, 5.74) is 6.06. The maximum atomic E-state index is 4.63. The zero-order valence-electron chi connectivity index (χ0n) is 13.7. The first-order chi connectivity index (χ1) is 11.1. The predicted octanol–water partition coefficient (Wildman–Crippen LogP) is 4.50. The van der Waals surface area contributed by atoms with Gasteiger partial charge < -0.3 is 0 Å². The number of aryl methyl sites for hydroxylation is 3. The van der Waals surface area contributed by atoms with Crippen LogP contribution in [0.15, 0.2) is 60.9 Å². The molecule has 0 aliphatic rings. The Morgan fingerprint density at radius 1 is 0.913 bits per heavy atom. The molecule has 0 saturated heterocycles. The minimum Gasteiger partial charge on any atom is -0.256 e. The lowest BCUT2D eigenvalue weighted by molar-refractivity contribution is -0.660. The average Bonchev–Trinajstić information content (AvgIpc) is 2.54. The zero-order valence-corrected chi connectivity index (χ0v) is 13.7. The number of pyridine rings is 2. The number of aromatic nitrogens is 2. The lowest BCUT2D eigenvalue weighted by Crippen LogP contribution is -2.31. The summed E-state index contributed by atoms with van der Waals surface area (Å²) in [7, 11) is 2.10. The third-order valence-corrected chi connectivity index (χ3v) is 4.49. The molecule has 0 spiro atoms. The first-order valence-electron chi connectivity index (χ1n) is 7.88. The van der Waals surface area contributed by atoms with E-state index in [9.17, 15) is 0 Å². The van der Waals surface area contributed by atoms with Crippen LogP contribution in [0.25, 0.3) is 32.9 Å². The van der Waals surface area contributed by atoms with Gasteiger partial charge in [-0.25, -0.2) is 4.57 Å². The molecule has 112 valence electrons. The Morgan fingerprint density at radius 3 is 2.57 bits per heavy atom. The van der Waals surface area contributed by atoms with Gasteiger partial charge in [0.2, 0.25) is 5.69 Å². The van der Waals surface area contributed by atoms with Gasteiger partial charge >= 0.3 is 0 Å². The van der Waals surface area contributed by atoms with Gasteiger partial charge in [0.15, 0.2) is 6.20 Å². The molecule has 0 radical (unpaired) electrons. The summed E-state index contributed by atoms with van der Waals surface area (Å²) in [6.45, 7) is 4.28. The Balaban J connectivity index is 2.07. The van der Waals surface area contributed by atoms with Gasteiger partial charge in [-0.3, -0.25) is 4.98 Å². The van der Waals surface area contributed by atoms with E-state index >= 15 is 0 Å². The number of hydrogen-bond donors (Lipinski definition) is 0. The number of benzene rings is 2. The van der Waals surface area contributed by atoms with Crippen molar-refractivity contribution >= 4 is 21.7 Å². The standard InChI is InChI=1S/C21H19N2/c1-14-8-9-21(23(3)13-14)18-11-19-17-7-5-4-6-16(17)12-22-20(19)10-15(18)2/h4-13H,1-3H3/q+1. The molecule has 4 rings (SSSR count). The van der Waals surface area contributed by atoms with Gasteiger partial charge in [0, 0.05) is 34.2 Å². The number of rotatable bonds is 1. The molecule has 0 aliphatic carbocycles. The van der Waals surface area contributed by atoms with Crippen LogP contribution in [-0.4, -0.2) is 4.98 Å². The first kappa shape index (κ1) is 13.9. The number of fused-ring (bicyclic) bond motifs is 3. The Hall–Kier alpha value is -2.74. The summed E-state index contributed by atoms with van der Waals surface area (Å²) in [6, 6.07) is 17.3. The highest BCUT2D eigenvalue weighted by molar-refractivity contribution is 6.06. The number of hydrogen-bond acceptors (Lipinski definition) is 1. The van der Waals surface area contributed by atoms with Crippen LogP contribution in [0.2, 0.25) is 0 Å². The van der Waals surface area contributed by atoms with Crippen LogP contribution in [-0.2, 0) is 7.05 Å². The van der Waals surface area contributed by atoms with Crippen molar-refractivity contribution in [3.05, 3.63) is 72.1 Å². The first-order valence-corrected chi connectivity index (χ1v) is 7.88. The van der Waals surface area contributed by atoms with Gasteiger partial charge in [-0.1, -0.05) is 24.3 Å². The zero-order chi connectivity index (χ0) is 16.0. The van der Waals surface area contributed by atoms with Gasteiger partial charge in [0.1, 0.15) is 7.05 Å². The van der Waals surface area contributed by atoms with E-state index in [0.717, 1.165) is 5.52 Å². The fourth-order valence-corrected chi connectivity index (χ4v) is 3.31. The van der Waals surface area contributed by atoms with Crippen LogP contribution in [0.3, 0.4) is 0 Å². The largest absolute Gasteiger partial charge is 0.256 e. The Kier molecular flexibility index (Phi) is 3.12. The molecule has 4 aromatic rings. The Labute approximate surface area is 136 Å². The third-order valence-electron chi connectivity index (χ3n) is 4.49. The van der Waals surface area contributed by atoms with Crippen molar-refractivity contribution in [2.45, 2.75) is 13.8 Å². The van der Waals surface area contributed by atoms with Crippen LogP contribution in [0.4, 0.5) is 0 Å². The molecule has 0 N–H and O–H groups in total. The molecule has 2 aromatic carbocycles. The quantitative estimate of drug-likeness (QED) is 0.373. The summed E-state index contributed by atoms with van der Waals surface area (Å²) in [5.74, 6) is 0. The Morgan fingerprint density at radius 2 is 1.74 bits per heavy atom. The van der Waals surface area contributed by atoms with Crippen molar-refractivity contribution < 1.29 is 4.57 Å². The Bertz CT molecular complexity index is 1050. The van der Waals surface area contributed by atoms with E-state index in [2.05, 4.69) is 85.2 Å². The lowest BCUT2D eigenvalue weighted by atomic mass is 9.98. The fourth-order valence-electron chi connectivity index (χ4n) is 3.31. The maximum absolute atomic E-state index is 4.63. The van der Waals surface area contributed by atoms with Gasteiger partial charge in [-0.15, -0.1) is 0 Å². The minimum absolute atomic E-state index is 1.06. The molecule has 2 nitrogen and oxygen atoms in total. The van der Waals surface area contributed by atoms with Crippen molar-refractivity contribution in [3.63, 3.8) is 0 Å². The monoisotopic (exact) mass is 299 g/mol. The van der Waals surface area contributed by atoms with Crippen molar-refractivity contribution in [1.82, 2.24) is 4.98 Å². The van der Waals surface area contributed by atoms with Gasteiger partial charge in [-0.05, 0) is 43.0 Å². The van der Waals surface area contributed by atoms with Crippen LogP contribution in [0.5, 0.6) is 0 Å². The highest BCUT2D eigenvalue weighted by Gasteiger charge is 2.14. The summed E-state index contributed by atoms with van der Waals surface area (Å²) in [4.78, 5) is 4.63. The summed E-state index contributed by atoms with van der Waals surface area (Å²) < 4.78 is 2.20. The second-order valence-electron chi connectivity index (χ2n) is 6.23. The highest BCUT2D eigenvalue weighted by atomic mass is 14.9. The fraction of sp³-hybridized carbons (Fsp3) is 0.143. The smallest absolute Gasteiger partial charge is 0.212 e. The SMILES string of the molecule is Cc1ccc(-c2cc3c(cc2C)ncc2ccccc23)[n+](C)c1. The van der Waals surface area contributed by atoms with Crippen LogP contribution in [0.1, 0.15) is 11.1 Å². The van der Waals surface area contributed by atoms with Crippen LogP contribution < -0.4 is 4.57 Å². The highest BCUT2D eigenvalue weighted by Crippen LogP contribution is 2.30. The molecule has 2 aromatic heterocycles.